The minimum absolute atomic E-state index is 0.634. The van der Waals surface area contributed by atoms with Gasteiger partial charge in [-0.3, -0.25) is 18.8 Å². The zero-order chi connectivity index (χ0) is 37.5. The molecule has 272 valence electrons. The molecule has 56 heavy (non-hydrogen) atoms. The molecule has 0 radical (unpaired) electrons. The van der Waals surface area contributed by atoms with Gasteiger partial charge in [0.2, 0.25) is 0 Å². The summed E-state index contributed by atoms with van der Waals surface area (Å²) in [5, 5.41) is 13.2. The molecule has 0 saturated carbocycles. The van der Waals surface area contributed by atoms with Crippen LogP contribution in [0.3, 0.4) is 0 Å². The molecule has 8 heterocycles. The minimum atomic E-state index is 0.634. The molecule has 2 N–H and O–H groups in total. The summed E-state index contributed by atoms with van der Waals surface area (Å²) in [7, 11) is 0. The van der Waals surface area contributed by atoms with Crippen LogP contribution in [0.25, 0.3) is 55.6 Å². The van der Waals surface area contributed by atoms with Gasteiger partial charge in [-0.05, 0) is 46.2 Å². The lowest BCUT2D eigenvalue weighted by Crippen LogP contribution is -2.05. The summed E-state index contributed by atoms with van der Waals surface area (Å²) in [6.07, 6.45) is 15.2. The number of hydrogen-bond acceptors (Lipinski definition) is 10. The van der Waals surface area contributed by atoms with Gasteiger partial charge in [0.1, 0.15) is 0 Å². The number of imidazole rings is 2. The van der Waals surface area contributed by atoms with Gasteiger partial charge in [-0.15, -0.1) is 11.3 Å². The zero-order valence-electron chi connectivity index (χ0n) is 30.0. The molecular weight excluding hydrogens is 733 g/mol. The molecule has 0 atom stereocenters. The summed E-state index contributed by atoms with van der Waals surface area (Å²) in [5.74, 6) is 1.51. The van der Waals surface area contributed by atoms with E-state index < -0.39 is 0 Å². The van der Waals surface area contributed by atoms with Crippen molar-refractivity contribution in [1.82, 2.24) is 38.7 Å². The third-order valence-electron chi connectivity index (χ3n) is 9.08. The number of aromatic nitrogens is 8. The molecule has 0 amide bonds. The lowest BCUT2D eigenvalue weighted by atomic mass is 10.1. The highest BCUT2D eigenvalue weighted by atomic mass is 32.1. The molecular formula is C44H34N10S2. The van der Waals surface area contributed by atoms with Crippen LogP contribution in [0.4, 0.5) is 11.6 Å². The lowest BCUT2D eigenvalue weighted by Gasteiger charge is -2.11. The molecule has 10 aromatic rings. The third kappa shape index (κ3) is 7.51. The molecule has 0 aliphatic carbocycles. The maximum atomic E-state index is 4.87. The summed E-state index contributed by atoms with van der Waals surface area (Å²) >= 11 is 3.38. The summed E-state index contributed by atoms with van der Waals surface area (Å²) in [4.78, 5) is 28.6. The number of anilines is 2. The van der Waals surface area contributed by atoms with Crippen molar-refractivity contribution in [1.29, 1.82) is 0 Å². The van der Waals surface area contributed by atoms with Crippen LogP contribution in [0.5, 0.6) is 0 Å². The van der Waals surface area contributed by atoms with E-state index in [2.05, 4.69) is 110 Å². The zero-order valence-corrected chi connectivity index (χ0v) is 31.6. The van der Waals surface area contributed by atoms with Crippen molar-refractivity contribution < 1.29 is 0 Å². The first-order valence-corrected chi connectivity index (χ1v) is 19.8. The fraction of sp³-hybridized carbons (Fsp3) is 0.0455. The molecule has 0 aliphatic heterocycles. The van der Waals surface area contributed by atoms with Crippen molar-refractivity contribution in [3.8, 4) is 44.3 Å². The number of benzene rings is 2. The van der Waals surface area contributed by atoms with Crippen molar-refractivity contribution in [2.75, 3.05) is 10.6 Å². The van der Waals surface area contributed by atoms with E-state index in [1.807, 2.05) is 85.5 Å². The quantitative estimate of drug-likeness (QED) is 0.142. The molecule has 0 spiro atoms. The highest BCUT2D eigenvalue weighted by molar-refractivity contribution is 7.13. The van der Waals surface area contributed by atoms with Crippen molar-refractivity contribution in [3.63, 3.8) is 0 Å². The summed E-state index contributed by atoms with van der Waals surface area (Å²) < 4.78 is 4.23. The lowest BCUT2D eigenvalue weighted by molar-refractivity contribution is 1.06. The number of thiophene rings is 2. The second-order valence-corrected chi connectivity index (χ2v) is 14.5. The Labute approximate surface area is 331 Å². The number of hydrogen-bond donors (Lipinski definition) is 2. The molecule has 0 saturated heterocycles. The van der Waals surface area contributed by atoms with E-state index >= 15 is 0 Å². The van der Waals surface area contributed by atoms with E-state index in [1.54, 1.807) is 35.1 Å². The van der Waals surface area contributed by atoms with Gasteiger partial charge in [-0.25, -0.2) is 19.9 Å². The van der Waals surface area contributed by atoms with E-state index in [9.17, 15) is 0 Å². The first-order chi connectivity index (χ1) is 27.8. The van der Waals surface area contributed by atoms with Crippen LogP contribution in [-0.2, 0) is 13.1 Å². The Bertz CT molecular complexity index is 2590. The highest BCUT2D eigenvalue weighted by Gasteiger charge is 2.16. The second-order valence-electron chi connectivity index (χ2n) is 12.8. The summed E-state index contributed by atoms with van der Waals surface area (Å²) in [6.45, 7) is 1.27. The van der Waals surface area contributed by atoms with Gasteiger partial charge in [-0.2, -0.15) is 11.3 Å². The maximum Gasteiger partial charge on any atom is 0.180 e. The van der Waals surface area contributed by atoms with Gasteiger partial charge in [0.25, 0.3) is 0 Å². The van der Waals surface area contributed by atoms with Gasteiger partial charge in [-0.1, -0.05) is 78.9 Å². The average molecular weight is 767 g/mol. The predicted molar refractivity (Wildman–Crippen MR) is 227 cm³/mol. The fourth-order valence-electron chi connectivity index (χ4n) is 6.32. The van der Waals surface area contributed by atoms with Crippen LogP contribution in [0.1, 0.15) is 11.1 Å². The maximum absolute atomic E-state index is 4.87. The Kier molecular flexibility index (Phi) is 10.0. The molecule has 0 fully saturated rings. The second kappa shape index (κ2) is 16.1. The minimum Gasteiger partial charge on any atom is -0.363 e. The number of pyridine rings is 2. The monoisotopic (exact) mass is 766 g/mol. The number of nitrogens with one attached hydrogen (secondary N) is 2. The molecule has 10 rings (SSSR count). The molecule has 0 unspecified atom stereocenters. The first kappa shape index (κ1) is 34.7. The van der Waals surface area contributed by atoms with Crippen LogP contribution in [0.2, 0.25) is 0 Å². The van der Waals surface area contributed by atoms with E-state index in [1.165, 1.54) is 4.88 Å². The predicted octanol–water partition coefficient (Wildman–Crippen LogP) is 10.3. The van der Waals surface area contributed by atoms with Crippen molar-refractivity contribution in [2.45, 2.75) is 13.1 Å². The van der Waals surface area contributed by atoms with Gasteiger partial charge < -0.3 is 10.6 Å². The van der Waals surface area contributed by atoms with Crippen LogP contribution in [-0.4, -0.2) is 38.7 Å². The Morgan fingerprint density at radius 2 is 1.09 bits per heavy atom. The van der Waals surface area contributed by atoms with Gasteiger partial charge in [0, 0.05) is 72.3 Å². The smallest absolute Gasteiger partial charge is 0.180 e. The SMILES string of the molecule is c1ccc(-c2cn3c(-c4cccs4)cnc3c(NCc3cccnc3)n2)cc1.c1ccc(-c2cn3c(-c4ccsc4)cnc3c(NCc3cccnc3)n2)cc1. The molecule has 10 nitrogen and oxygen atoms in total. The standard InChI is InChI=1S/2C22H17N5S/c1-2-7-17(8-3-1)18-15-27-19(20-9-5-11-28-20)14-25-22(27)21(26-18)24-13-16-6-4-10-23-12-16;1-2-6-17(7-3-1)19-14-27-20(18-8-10-28-15-18)13-25-22(27)21(26-19)24-12-16-5-4-9-23-11-16/h1-12,14-15H,13H2,(H,24,26);1-11,13-15H,12H2,(H,24,26). The van der Waals surface area contributed by atoms with Crippen molar-refractivity contribution >= 4 is 45.6 Å². The molecule has 0 bridgehead atoms. The summed E-state index contributed by atoms with van der Waals surface area (Å²) in [5.41, 5.74) is 11.0. The average Bonchev–Trinajstić information content (AvgIpc) is 4.11. The topological polar surface area (TPSA) is 110 Å². The normalized spacial score (nSPS) is 11.0. The molecule has 8 aromatic heterocycles. The molecule has 12 heteroatoms. The van der Waals surface area contributed by atoms with Crippen LogP contribution < -0.4 is 10.6 Å². The Balaban J connectivity index is 0.000000146. The van der Waals surface area contributed by atoms with E-state index in [4.69, 9.17) is 9.97 Å². The van der Waals surface area contributed by atoms with Crippen molar-refractivity contribution in [2.24, 2.45) is 0 Å². The third-order valence-corrected chi connectivity index (χ3v) is 10.7. The molecule has 0 aliphatic rings. The summed E-state index contributed by atoms with van der Waals surface area (Å²) in [6, 6.07) is 34.6. The van der Waals surface area contributed by atoms with Crippen molar-refractivity contribution in [3.05, 3.63) is 180 Å². The largest absolute Gasteiger partial charge is 0.363 e. The van der Waals surface area contributed by atoms with Crippen LogP contribution in [0.15, 0.2) is 169 Å². The van der Waals surface area contributed by atoms with E-state index in [0.717, 1.165) is 73.5 Å². The Hall–Kier alpha value is -7.02. The number of nitrogens with zero attached hydrogens (tertiary/aromatic N) is 8. The molecule has 2 aromatic carbocycles. The van der Waals surface area contributed by atoms with E-state index in [-0.39, 0.29) is 0 Å². The van der Waals surface area contributed by atoms with Gasteiger partial charge in [0.15, 0.2) is 22.9 Å². The van der Waals surface area contributed by atoms with Gasteiger partial charge >= 0.3 is 0 Å². The first-order valence-electron chi connectivity index (χ1n) is 18.0. The van der Waals surface area contributed by atoms with Crippen LogP contribution in [0, 0.1) is 0 Å². The number of rotatable bonds is 10. The fourth-order valence-corrected chi connectivity index (χ4v) is 7.70. The Morgan fingerprint density at radius 1 is 0.518 bits per heavy atom. The number of fused-ring (bicyclic) bond motifs is 2. The van der Waals surface area contributed by atoms with E-state index in [0.29, 0.717) is 13.1 Å². The van der Waals surface area contributed by atoms with Gasteiger partial charge in [0.05, 0.1) is 40.0 Å². The Morgan fingerprint density at radius 3 is 1.59 bits per heavy atom. The highest BCUT2D eigenvalue weighted by Crippen LogP contribution is 2.31. The van der Waals surface area contributed by atoms with Crippen LogP contribution >= 0.6 is 22.7 Å².